The fraction of sp³-hybridized carbons (Fsp3) is 0.417. The van der Waals surface area contributed by atoms with Crippen LogP contribution in [0, 0.1) is 16.4 Å². The minimum Gasteiger partial charge on any atom is -0.311 e. The molecule has 16 heavy (non-hydrogen) atoms. The molecular formula is C12H14INOS. The molecule has 1 aliphatic rings. The van der Waals surface area contributed by atoms with Crippen LogP contribution in [0.25, 0.3) is 0 Å². The van der Waals surface area contributed by atoms with E-state index in [9.17, 15) is 4.79 Å². The van der Waals surface area contributed by atoms with Gasteiger partial charge in [-0.05, 0) is 58.9 Å². The number of carbonyl (C=O) groups is 1. The summed E-state index contributed by atoms with van der Waals surface area (Å²) in [5.41, 5.74) is 2.27. The second-order valence-electron chi connectivity index (χ2n) is 4.21. The van der Waals surface area contributed by atoms with E-state index in [0.29, 0.717) is 12.3 Å². The van der Waals surface area contributed by atoms with Crippen LogP contribution in [-0.2, 0) is 4.79 Å². The Morgan fingerprint density at radius 3 is 2.88 bits per heavy atom. The highest BCUT2D eigenvalue weighted by molar-refractivity contribution is 14.1. The molecular weight excluding hydrogens is 333 g/mol. The quantitative estimate of drug-likeness (QED) is 0.644. The third-order valence-electron chi connectivity index (χ3n) is 2.86. The van der Waals surface area contributed by atoms with Crippen LogP contribution in [0.5, 0.6) is 0 Å². The molecule has 0 aliphatic carbocycles. The average Bonchev–Trinajstić information content (AvgIpc) is 2.60. The maximum Gasteiger partial charge on any atom is 0.227 e. The third-order valence-corrected chi connectivity index (χ3v) is 4.24. The van der Waals surface area contributed by atoms with Gasteiger partial charge in [0.2, 0.25) is 5.91 Å². The van der Waals surface area contributed by atoms with Crippen LogP contribution in [0.1, 0.15) is 12.0 Å². The van der Waals surface area contributed by atoms with E-state index in [-0.39, 0.29) is 5.91 Å². The molecule has 0 aromatic heterocycles. The van der Waals surface area contributed by atoms with Crippen LogP contribution < -0.4 is 4.90 Å². The fourth-order valence-electron chi connectivity index (χ4n) is 1.97. The van der Waals surface area contributed by atoms with Gasteiger partial charge in [0.05, 0.1) is 5.69 Å². The van der Waals surface area contributed by atoms with Crippen molar-refractivity contribution in [1.29, 1.82) is 0 Å². The molecule has 1 aromatic rings. The van der Waals surface area contributed by atoms with Crippen LogP contribution >= 0.6 is 35.2 Å². The number of hydrogen-bond donors (Lipinski definition) is 1. The Kier molecular flexibility index (Phi) is 3.79. The van der Waals surface area contributed by atoms with E-state index in [2.05, 4.69) is 54.3 Å². The van der Waals surface area contributed by atoms with Gasteiger partial charge in [-0.3, -0.25) is 4.79 Å². The van der Waals surface area contributed by atoms with Crippen molar-refractivity contribution in [3.05, 3.63) is 27.3 Å². The van der Waals surface area contributed by atoms with Crippen molar-refractivity contribution < 1.29 is 4.79 Å². The van der Waals surface area contributed by atoms with Gasteiger partial charge in [0, 0.05) is 16.5 Å². The Morgan fingerprint density at radius 1 is 1.56 bits per heavy atom. The molecule has 1 saturated heterocycles. The fourth-order valence-corrected chi connectivity index (χ4v) is 3.17. The van der Waals surface area contributed by atoms with Crippen LogP contribution in [0.3, 0.4) is 0 Å². The molecule has 1 atom stereocenters. The van der Waals surface area contributed by atoms with Gasteiger partial charge in [0.15, 0.2) is 0 Å². The highest BCUT2D eigenvalue weighted by Crippen LogP contribution is 2.30. The number of aryl methyl sites for hydroxylation is 1. The molecule has 2 rings (SSSR count). The molecule has 1 fully saturated rings. The summed E-state index contributed by atoms with van der Waals surface area (Å²) in [6.07, 6.45) is 0.632. The number of hydrogen-bond acceptors (Lipinski definition) is 2. The van der Waals surface area contributed by atoms with Crippen molar-refractivity contribution in [3.63, 3.8) is 0 Å². The lowest BCUT2D eigenvalue weighted by atomic mass is 10.1. The highest BCUT2D eigenvalue weighted by atomic mass is 127. The van der Waals surface area contributed by atoms with Gasteiger partial charge in [0.1, 0.15) is 0 Å². The van der Waals surface area contributed by atoms with Gasteiger partial charge in [-0.2, -0.15) is 12.6 Å². The smallest absolute Gasteiger partial charge is 0.227 e. The Bertz CT molecular complexity index is 421. The normalized spacial score (nSPS) is 20.6. The number of thiol groups is 1. The maximum absolute atomic E-state index is 11.9. The van der Waals surface area contributed by atoms with Crippen molar-refractivity contribution in [3.8, 4) is 0 Å². The molecule has 0 bridgehead atoms. The standard InChI is InChI=1S/C12H14INOS/c1-8-2-3-11(10(13)4-8)14-6-9(7-16)5-12(14)15/h2-4,9,16H,5-7H2,1H3. The van der Waals surface area contributed by atoms with Gasteiger partial charge in [0.25, 0.3) is 0 Å². The first-order chi connectivity index (χ1) is 7.61. The molecule has 1 aliphatic heterocycles. The molecule has 0 spiro atoms. The summed E-state index contributed by atoms with van der Waals surface area (Å²) >= 11 is 6.56. The van der Waals surface area contributed by atoms with Crippen molar-refractivity contribution >= 4 is 46.8 Å². The first-order valence-corrected chi connectivity index (χ1v) is 7.00. The lowest BCUT2D eigenvalue weighted by molar-refractivity contribution is -0.117. The number of rotatable bonds is 2. The average molecular weight is 347 g/mol. The van der Waals surface area contributed by atoms with Gasteiger partial charge < -0.3 is 4.90 Å². The lowest BCUT2D eigenvalue weighted by Gasteiger charge is -2.18. The minimum absolute atomic E-state index is 0.223. The molecule has 0 saturated carbocycles. The minimum atomic E-state index is 0.223. The van der Waals surface area contributed by atoms with E-state index < -0.39 is 0 Å². The zero-order valence-electron chi connectivity index (χ0n) is 9.11. The highest BCUT2D eigenvalue weighted by Gasteiger charge is 2.30. The van der Waals surface area contributed by atoms with Gasteiger partial charge in [-0.25, -0.2) is 0 Å². The molecule has 1 unspecified atom stereocenters. The van der Waals surface area contributed by atoms with Crippen LogP contribution in [-0.4, -0.2) is 18.2 Å². The molecule has 2 nitrogen and oxygen atoms in total. The Morgan fingerprint density at radius 2 is 2.31 bits per heavy atom. The van der Waals surface area contributed by atoms with Crippen LogP contribution in [0.2, 0.25) is 0 Å². The summed E-state index contributed by atoms with van der Waals surface area (Å²) in [6, 6.07) is 6.20. The molecule has 1 aromatic carbocycles. The predicted octanol–water partition coefficient (Wildman–Crippen LogP) is 2.88. The van der Waals surface area contributed by atoms with Crippen molar-refractivity contribution in [2.45, 2.75) is 13.3 Å². The van der Waals surface area contributed by atoms with Gasteiger partial charge >= 0.3 is 0 Å². The summed E-state index contributed by atoms with van der Waals surface area (Å²) in [7, 11) is 0. The summed E-state index contributed by atoms with van der Waals surface area (Å²) in [6.45, 7) is 2.87. The lowest BCUT2D eigenvalue weighted by Crippen LogP contribution is -2.25. The second-order valence-corrected chi connectivity index (χ2v) is 5.74. The first kappa shape index (κ1) is 12.2. The number of carbonyl (C=O) groups excluding carboxylic acids is 1. The first-order valence-electron chi connectivity index (χ1n) is 5.29. The Hall–Kier alpha value is -0.230. The number of amides is 1. The van der Waals surface area contributed by atoms with Crippen molar-refractivity contribution in [2.75, 3.05) is 17.2 Å². The number of benzene rings is 1. The summed E-state index contributed by atoms with van der Waals surface area (Å²) in [4.78, 5) is 13.8. The van der Waals surface area contributed by atoms with Crippen LogP contribution in [0.15, 0.2) is 18.2 Å². The summed E-state index contributed by atoms with van der Waals surface area (Å²) in [5.74, 6) is 1.40. The van der Waals surface area contributed by atoms with E-state index in [4.69, 9.17) is 0 Å². The predicted molar refractivity (Wildman–Crippen MR) is 78.2 cm³/mol. The zero-order chi connectivity index (χ0) is 11.7. The number of halogens is 1. The molecule has 86 valence electrons. The van der Waals surface area contributed by atoms with E-state index in [1.165, 1.54) is 5.56 Å². The SMILES string of the molecule is Cc1ccc(N2CC(CS)CC2=O)c(I)c1. The van der Waals surface area contributed by atoms with E-state index in [1.807, 2.05) is 11.0 Å². The van der Waals surface area contributed by atoms with Gasteiger partial charge in [-0.1, -0.05) is 6.07 Å². The zero-order valence-corrected chi connectivity index (χ0v) is 12.2. The molecule has 0 radical (unpaired) electrons. The van der Waals surface area contributed by atoms with E-state index >= 15 is 0 Å². The third kappa shape index (κ3) is 2.37. The topological polar surface area (TPSA) is 20.3 Å². The number of anilines is 1. The molecule has 1 heterocycles. The largest absolute Gasteiger partial charge is 0.311 e. The molecule has 1 amide bonds. The summed E-state index contributed by atoms with van der Waals surface area (Å²) < 4.78 is 1.14. The molecule has 0 N–H and O–H groups in total. The van der Waals surface area contributed by atoms with Crippen molar-refractivity contribution in [2.24, 2.45) is 5.92 Å². The van der Waals surface area contributed by atoms with E-state index in [0.717, 1.165) is 21.6 Å². The van der Waals surface area contributed by atoms with E-state index in [1.54, 1.807) is 0 Å². The van der Waals surface area contributed by atoms with Gasteiger partial charge in [-0.15, -0.1) is 0 Å². The second kappa shape index (κ2) is 4.96. The van der Waals surface area contributed by atoms with Crippen LogP contribution in [0.4, 0.5) is 5.69 Å². The van der Waals surface area contributed by atoms with Crippen molar-refractivity contribution in [1.82, 2.24) is 0 Å². The molecule has 4 heteroatoms. The monoisotopic (exact) mass is 347 g/mol. The maximum atomic E-state index is 11.9. The summed E-state index contributed by atoms with van der Waals surface area (Å²) in [5, 5.41) is 0. The number of nitrogens with zero attached hydrogens (tertiary/aromatic N) is 1. The Balaban J connectivity index is 2.28. The Labute approximate surface area is 115 Å².